The first-order valence-electron chi connectivity index (χ1n) is 8.14. The topological polar surface area (TPSA) is 92.6 Å². The largest absolute Gasteiger partial charge is 0.409 e. The molecule has 7 nitrogen and oxygen atoms in total. The van der Waals surface area contributed by atoms with Crippen molar-refractivity contribution < 1.29 is 5.21 Å². The fourth-order valence-corrected chi connectivity index (χ4v) is 3.39. The van der Waals surface area contributed by atoms with E-state index >= 15 is 0 Å². The molecule has 1 aromatic heterocycles. The Morgan fingerprint density at radius 2 is 1.96 bits per heavy atom. The van der Waals surface area contributed by atoms with Crippen molar-refractivity contribution in [3.8, 4) is 11.3 Å². The highest BCUT2D eigenvalue weighted by molar-refractivity contribution is 6.30. The zero-order chi connectivity index (χ0) is 18.3. The van der Waals surface area contributed by atoms with Gasteiger partial charge in [-0.2, -0.15) is 0 Å². The number of amidine groups is 1. The highest BCUT2D eigenvalue weighted by atomic mass is 35.5. The molecule has 0 atom stereocenters. The van der Waals surface area contributed by atoms with Gasteiger partial charge < -0.3 is 15.8 Å². The monoisotopic (exact) mass is 368 g/mol. The van der Waals surface area contributed by atoms with E-state index < -0.39 is 0 Å². The normalized spacial score (nSPS) is 13.9. The third kappa shape index (κ3) is 2.66. The van der Waals surface area contributed by atoms with Crippen LogP contribution in [0.2, 0.25) is 5.02 Å². The molecule has 3 N–H and O–H groups in total. The second-order valence-corrected chi connectivity index (χ2v) is 6.53. The van der Waals surface area contributed by atoms with Gasteiger partial charge >= 0.3 is 0 Å². The molecule has 0 amide bonds. The average molecular weight is 369 g/mol. The van der Waals surface area contributed by atoms with Crippen LogP contribution in [0.3, 0.4) is 0 Å². The highest BCUT2D eigenvalue weighted by Gasteiger charge is 2.24. The number of nitrogens with two attached hydrogens (primary N) is 1. The number of aromatic nitrogens is 3. The van der Waals surface area contributed by atoms with E-state index in [2.05, 4.69) is 20.4 Å². The van der Waals surface area contributed by atoms with Gasteiger partial charge in [0.2, 0.25) is 0 Å². The van der Waals surface area contributed by atoms with Crippen molar-refractivity contribution in [1.82, 2.24) is 15.0 Å². The van der Waals surface area contributed by atoms with Gasteiger partial charge in [-0.25, -0.2) is 4.68 Å². The molecule has 4 rings (SSSR count). The molecule has 132 valence electrons. The summed E-state index contributed by atoms with van der Waals surface area (Å²) in [6, 6.07) is 13.4. The first-order valence-corrected chi connectivity index (χ1v) is 8.52. The predicted molar refractivity (Wildman–Crippen MR) is 101 cm³/mol. The first kappa shape index (κ1) is 16.4. The molecule has 0 saturated heterocycles. The van der Waals surface area contributed by atoms with Crippen molar-refractivity contribution in [1.29, 1.82) is 0 Å². The van der Waals surface area contributed by atoms with E-state index in [0.717, 1.165) is 28.3 Å². The number of hydrogen-bond acceptors (Lipinski definition) is 5. The molecule has 1 aliphatic heterocycles. The Morgan fingerprint density at radius 3 is 2.69 bits per heavy atom. The molecule has 2 aromatic carbocycles. The van der Waals surface area contributed by atoms with Gasteiger partial charge in [0, 0.05) is 28.4 Å². The number of nitrogens with zero attached hydrogens (tertiary/aromatic N) is 5. The third-order valence-electron chi connectivity index (χ3n) is 4.52. The van der Waals surface area contributed by atoms with Crippen molar-refractivity contribution in [2.45, 2.75) is 13.5 Å². The van der Waals surface area contributed by atoms with Crippen molar-refractivity contribution in [2.24, 2.45) is 10.9 Å². The van der Waals surface area contributed by atoms with Crippen LogP contribution in [0.15, 0.2) is 47.6 Å². The summed E-state index contributed by atoms with van der Waals surface area (Å²) in [4.78, 5) is 2.17. The molecule has 26 heavy (non-hydrogen) atoms. The molecule has 0 saturated carbocycles. The van der Waals surface area contributed by atoms with Crippen molar-refractivity contribution in [3.63, 3.8) is 0 Å². The Balaban J connectivity index is 1.94. The van der Waals surface area contributed by atoms with Gasteiger partial charge in [0.05, 0.1) is 23.6 Å². The van der Waals surface area contributed by atoms with Crippen LogP contribution in [-0.2, 0) is 6.54 Å². The molecule has 0 radical (unpaired) electrons. The van der Waals surface area contributed by atoms with Crippen molar-refractivity contribution in [2.75, 3.05) is 11.4 Å². The van der Waals surface area contributed by atoms with E-state index in [1.54, 1.807) is 0 Å². The lowest BCUT2D eigenvalue weighted by Crippen LogP contribution is -2.22. The second-order valence-electron chi connectivity index (χ2n) is 6.09. The third-order valence-corrected chi connectivity index (χ3v) is 4.78. The van der Waals surface area contributed by atoms with Crippen LogP contribution < -0.4 is 10.6 Å². The SMILES string of the molecule is Cc1nnn2c1-c1ccc(C(N)=NO)cc1N(c1ccc(Cl)cc1)CC2. The van der Waals surface area contributed by atoms with Crippen LogP contribution in [0.4, 0.5) is 11.4 Å². The minimum absolute atomic E-state index is 0.0662. The van der Waals surface area contributed by atoms with E-state index in [1.165, 1.54) is 0 Å². The maximum Gasteiger partial charge on any atom is 0.170 e. The summed E-state index contributed by atoms with van der Waals surface area (Å²) in [7, 11) is 0. The number of benzene rings is 2. The second kappa shape index (κ2) is 6.34. The molecule has 0 fully saturated rings. The maximum absolute atomic E-state index is 9.04. The summed E-state index contributed by atoms with van der Waals surface area (Å²) in [5, 5.41) is 21.3. The standard InChI is InChI=1S/C18H17ClN6O/c1-11-17-15-7-2-12(18(20)22-26)10-16(15)24(8-9-25(17)23-21-11)14-5-3-13(19)4-6-14/h2-7,10,26H,8-9H2,1H3,(H2,20,22). The highest BCUT2D eigenvalue weighted by Crippen LogP contribution is 2.39. The molecule has 3 aromatic rings. The van der Waals surface area contributed by atoms with Crippen molar-refractivity contribution >= 4 is 28.8 Å². The molecule has 2 heterocycles. The smallest absolute Gasteiger partial charge is 0.170 e. The molecule has 1 aliphatic rings. The lowest BCUT2D eigenvalue weighted by molar-refractivity contribution is 0.318. The average Bonchev–Trinajstić information content (AvgIpc) is 2.94. The van der Waals surface area contributed by atoms with Gasteiger partial charge in [-0.1, -0.05) is 28.0 Å². The summed E-state index contributed by atoms with van der Waals surface area (Å²) in [6.45, 7) is 3.33. The van der Waals surface area contributed by atoms with E-state index in [1.807, 2.05) is 54.1 Å². The van der Waals surface area contributed by atoms with Crippen LogP contribution in [-0.4, -0.2) is 32.6 Å². The van der Waals surface area contributed by atoms with Gasteiger partial charge in [-0.15, -0.1) is 5.10 Å². The van der Waals surface area contributed by atoms with E-state index in [9.17, 15) is 0 Å². The van der Waals surface area contributed by atoms with Crippen LogP contribution in [0.25, 0.3) is 11.3 Å². The fraction of sp³-hybridized carbons (Fsp3) is 0.167. The Hall–Kier alpha value is -3.06. The number of halogens is 1. The zero-order valence-corrected chi connectivity index (χ0v) is 14.9. The van der Waals surface area contributed by atoms with Crippen LogP contribution in [0.1, 0.15) is 11.3 Å². The predicted octanol–water partition coefficient (Wildman–Crippen LogP) is 3.15. The fourth-order valence-electron chi connectivity index (χ4n) is 3.27. The number of aryl methyl sites for hydroxylation is 1. The minimum atomic E-state index is 0.0662. The molecule has 0 spiro atoms. The number of fused-ring (bicyclic) bond motifs is 3. The number of hydrogen-bond donors (Lipinski definition) is 2. The van der Waals surface area contributed by atoms with Gasteiger partial charge in [0.25, 0.3) is 0 Å². The molecule has 0 unspecified atom stereocenters. The summed E-state index contributed by atoms with van der Waals surface area (Å²) >= 11 is 6.04. The lowest BCUT2D eigenvalue weighted by atomic mass is 10.0. The maximum atomic E-state index is 9.04. The van der Waals surface area contributed by atoms with E-state index in [-0.39, 0.29) is 5.84 Å². The van der Waals surface area contributed by atoms with E-state index in [0.29, 0.717) is 23.7 Å². The number of rotatable bonds is 2. The van der Waals surface area contributed by atoms with Gasteiger partial charge in [0.15, 0.2) is 5.84 Å². The molecule has 0 aliphatic carbocycles. The molecular formula is C18H17ClN6O. The summed E-state index contributed by atoms with van der Waals surface area (Å²) < 4.78 is 1.91. The van der Waals surface area contributed by atoms with Gasteiger partial charge in [-0.05, 0) is 43.3 Å². The summed E-state index contributed by atoms with van der Waals surface area (Å²) in [5.41, 5.74) is 11.2. The quantitative estimate of drug-likeness (QED) is 0.314. The van der Waals surface area contributed by atoms with Crippen LogP contribution in [0.5, 0.6) is 0 Å². The molecule has 8 heteroatoms. The van der Waals surface area contributed by atoms with Crippen molar-refractivity contribution in [3.05, 3.63) is 58.7 Å². The minimum Gasteiger partial charge on any atom is -0.409 e. The first-order chi connectivity index (χ1) is 12.6. The van der Waals surface area contributed by atoms with Crippen LogP contribution in [0, 0.1) is 6.92 Å². The lowest BCUT2D eigenvalue weighted by Gasteiger charge is -2.25. The zero-order valence-electron chi connectivity index (χ0n) is 14.1. The summed E-state index contributed by atoms with van der Waals surface area (Å²) in [5.74, 6) is 0.0662. The van der Waals surface area contributed by atoms with Gasteiger partial charge in [-0.3, -0.25) is 0 Å². The van der Waals surface area contributed by atoms with E-state index in [4.69, 9.17) is 22.5 Å². The van der Waals surface area contributed by atoms with Gasteiger partial charge in [0.1, 0.15) is 0 Å². The molecule has 0 bridgehead atoms. The number of anilines is 2. The Bertz CT molecular complexity index is 995. The summed E-state index contributed by atoms with van der Waals surface area (Å²) in [6.07, 6.45) is 0. The number of oxime groups is 1. The Labute approximate surface area is 155 Å². The Morgan fingerprint density at radius 1 is 1.19 bits per heavy atom. The molecular weight excluding hydrogens is 352 g/mol. The Kier molecular flexibility index (Phi) is 4.00. The van der Waals surface area contributed by atoms with Crippen LogP contribution >= 0.6 is 11.6 Å².